The van der Waals surface area contributed by atoms with Crippen molar-refractivity contribution >= 4 is 24.0 Å². The van der Waals surface area contributed by atoms with Gasteiger partial charge in [0.25, 0.3) is 7.37 Å². The van der Waals surface area contributed by atoms with Crippen LogP contribution in [0.1, 0.15) is 51.4 Å². The van der Waals surface area contributed by atoms with Crippen LogP contribution < -0.4 is 20.3 Å². The summed E-state index contributed by atoms with van der Waals surface area (Å²) in [4.78, 5) is 2.05. The molecule has 204 valence electrons. The number of hydrogen-bond acceptors (Lipinski definition) is 5. The van der Waals surface area contributed by atoms with Gasteiger partial charge in [0.1, 0.15) is 11.5 Å². The first-order valence-corrected chi connectivity index (χ1v) is 15.4. The third kappa shape index (κ3) is 6.45. The Morgan fingerprint density at radius 3 is 2.16 bits per heavy atom. The summed E-state index contributed by atoms with van der Waals surface area (Å²) >= 11 is 0. The van der Waals surface area contributed by atoms with Crippen LogP contribution in [0.4, 0.5) is 11.4 Å². The van der Waals surface area contributed by atoms with Crippen LogP contribution in [0.25, 0.3) is 0 Å². The number of para-hydroxylation sites is 1. The lowest BCUT2D eigenvalue weighted by molar-refractivity contribution is 0.0489. The fourth-order valence-electron chi connectivity index (χ4n) is 5.51. The van der Waals surface area contributed by atoms with Crippen molar-refractivity contribution in [1.82, 2.24) is 0 Å². The van der Waals surface area contributed by atoms with Gasteiger partial charge in [0.2, 0.25) is 0 Å². The molecule has 0 amide bonds. The van der Waals surface area contributed by atoms with Gasteiger partial charge < -0.3 is 19.5 Å². The van der Waals surface area contributed by atoms with Gasteiger partial charge in [0.15, 0.2) is 0 Å². The van der Waals surface area contributed by atoms with E-state index in [4.69, 9.17) is 9.26 Å². The second-order valence-corrected chi connectivity index (χ2v) is 13.6. The van der Waals surface area contributed by atoms with E-state index in [1.165, 1.54) is 6.42 Å². The molecule has 0 aliphatic heterocycles. The first-order chi connectivity index (χ1) is 18.2. The summed E-state index contributed by atoms with van der Waals surface area (Å²) in [5.74, 6) is 1.57. The van der Waals surface area contributed by atoms with Crippen LogP contribution in [0.2, 0.25) is 0 Å². The maximum absolute atomic E-state index is 15.6. The fraction of sp³-hybridized carbons (Fsp3) is 0.438. The number of rotatable bonds is 10. The van der Waals surface area contributed by atoms with E-state index in [9.17, 15) is 0 Å². The van der Waals surface area contributed by atoms with Gasteiger partial charge in [-0.15, -0.1) is 0 Å². The summed E-state index contributed by atoms with van der Waals surface area (Å²) in [7, 11) is 2.20. The predicted octanol–water partition coefficient (Wildman–Crippen LogP) is 7.95. The third-order valence-electron chi connectivity index (χ3n) is 7.83. The average Bonchev–Trinajstić information content (AvgIpc) is 2.92. The van der Waals surface area contributed by atoms with Crippen LogP contribution in [0.5, 0.6) is 5.75 Å². The van der Waals surface area contributed by atoms with E-state index in [0.29, 0.717) is 17.8 Å². The maximum Gasteiger partial charge on any atom is 0.258 e. The van der Waals surface area contributed by atoms with E-state index in [1.54, 1.807) is 7.11 Å². The summed E-state index contributed by atoms with van der Waals surface area (Å²) in [5.41, 5.74) is 2.86. The molecular weight excluding hydrogens is 491 g/mol. The zero-order valence-corrected chi connectivity index (χ0v) is 24.5. The topological polar surface area (TPSA) is 50.8 Å². The van der Waals surface area contributed by atoms with Crippen molar-refractivity contribution < 1.29 is 13.8 Å². The van der Waals surface area contributed by atoms with Crippen molar-refractivity contribution in [3.63, 3.8) is 0 Å². The summed E-state index contributed by atoms with van der Waals surface area (Å²) in [6, 6.07) is 25.8. The van der Waals surface area contributed by atoms with Crippen LogP contribution in [-0.2, 0) is 9.09 Å². The molecule has 0 unspecified atom stereocenters. The Hall–Kier alpha value is -2.75. The van der Waals surface area contributed by atoms with Gasteiger partial charge in [-0.2, -0.15) is 0 Å². The highest BCUT2D eigenvalue weighted by atomic mass is 31.2. The van der Waals surface area contributed by atoms with Crippen molar-refractivity contribution in [3.8, 4) is 5.75 Å². The molecule has 3 aromatic carbocycles. The lowest BCUT2D eigenvalue weighted by Gasteiger charge is -2.41. The van der Waals surface area contributed by atoms with E-state index in [1.807, 2.05) is 93.0 Å². The molecule has 5 nitrogen and oxygen atoms in total. The number of nitrogens with zero attached hydrogens (tertiary/aromatic N) is 1. The molecule has 0 heterocycles. The first kappa shape index (κ1) is 28.3. The van der Waals surface area contributed by atoms with Crippen LogP contribution in [0, 0.1) is 17.8 Å². The minimum absolute atomic E-state index is 0.0727. The molecule has 0 radical (unpaired) electrons. The van der Waals surface area contributed by atoms with Crippen molar-refractivity contribution in [3.05, 3.63) is 84.4 Å². The molecule has 4 rings (SSSR count). The van der Waals surface area contributed by atoms with Gasteiger partial charge in [-0.25, -0.2) is 0 Å². The summed E-state index contributed by atoms with van der Waals surface area (Å²) < 4.78 is 28.0. The highest BCUT2D eigenvalue weighted by molar-refractivity contribution is 7.67. The molecule has 3 aromatic rings. The Morgan fingerprint density at radius 1 is 0.921 bits per heavy atom. The number of ether oxygens (including phenoxy) is 1. The van der Waals surface area contributed by atoms with Crippen LogP contribution >= 0.6 is 7.37 Å². The monoisotopic (exact) mass is 534 g/mol. The normalized spacial score (nSPS) is 21.9. The molecule has 0 saturated heterocycles. The lowest BCUT2D eigenvalue weighted by atomic mass is 9.75. The second kappa shape index (κ2) is 12.4. The van der Waals surface area contributed by atoms with Crippen molar-refractivity contribution in [2.45, 2.75) is 51.9 Å². The summed E-state index contributed by atoms with van der Waals surface area (Å²) in [5, 5.41) is 4.34. The van der Waals surface area contributed by atoms with Gasteiger partial charge in [0.05, 0.1) is 13.2 Å². The maximum atomic E-state index is 15.6. The Morgan fingerprint density at radius 2 is 1.58 bits per heavy atom. The average molecular weight is 535 g/mol. The van der Waals surface area contributed by atoms with Gasteiger partial charge >= 0.3 is 0 Å². The molecule has 1 aliphatic rings. The second-order valence-electron chi connectivity index (χ2n) is 11.2. The molecule has 6 heteroatoms. The molecule has 38 heavy (non-hydrogen) atoms. The van der Waals surface area contributed by atoms with E-state index in [0.717, 1.165) is 40.8 Å². The number of benzene rings is 3. The van der Waals surface area contributed by atoms with Crippen molar-refractivity contribution in [2.75, 3.05) is 31.4 Å². The zero-order chi connectivity index (χ0) is 27.3. The van der Waals surface area contributed by atoms with E-state index in [-0.39, 0.29) is 6.10 Å². The predicted molar refractivity (Wildman–Crippen MR) is 160 cm³/mol. The molecule has 0 spiro atoms. The minimum atomic E-state index is -3.49. The molecule has 0 aromatic heterocycles. The largest absolute Gasteiger partial charge is 0.497 e. The quantitative estimate of drug-likeness (QED) is 0.268. The Balaban J connectivity index is 1.85. The van der Waals surface area contributed by atoms with E-state index in [2.05, 4.69) is 31.0 Å². The van der Waals surface area contributed by atoms with Crippen LogP contribution in [0.15, 0.2) is 78.9 Å². The fourth-order valence-corrected chi connectivity index (χ4v) is 8.14. The van der Waals surface area contributed by atoms with E-state index >= 15 is 4.57 Å². The van der Waals surface area contributed by atoms with Gasteiger partial charge in [-0.3, -0.25) is 4.57 Å². The summed E-state index contributed by atoms with van der Waals surface area (Å²) in [6.45, 7) is 6.81. The smallest absolute Gasteiger partial charge is 0.258 e. The third-order valence-corrected chi connectivity index (χ3v) is 10.5. The van der Waals surface area contributed by atoms with Crippen LogP contribution in [0.3, 0.4) is 0 Å². The minimum Gasteiger partial charge on any atom is -0.497 e. The van der Waals surface area contributed by atoms with E-state index < -0.39 is 13.2 Å². The SMILES string of the molecule is COc1ccc([C@H](Nc2ccccc2)[P@](=O)(O[C@@H]2C[C@H](C)CC[C@H]2C(C)C)c2ccc(N(C)C)cc2)cc1. The highest BCUT2D eigenvalue weighted by Crippen LogP contribution is 2.61. The standard InChI is InChI=1S/C32H43N2O3P/c1-23(2)30-21-12-24(3)22-31(30)37-38(35,29-19-15-27(16-20-29)34(4)5)32(33-26-10-8-7-9-11-26)25-13-17-28(36-6)18-14-25/h7-11,13-20,23-24,30-33H,12,21-22H2,1-6H3/t24-,30+,31-,32-,38-/m1/s1. The van der Waals surface area contributed by atoms with Gasteiger partial charge in [0, 0.05) is 30.8 Å². The lowest BCUT2D eigenvalue weighted by Crippen LogP contribution is -2.35. The first-order valence-electron chi connectivity index (χ1n) is 13.7. The number of methoxy groups -OCH3 is 1. The molecule has 1 aliphatic carbocycles. The molecule has 5 atom stereocenters. The van der Waals surface area contributed by atoms with Crippen molar-refractivity contribution in [1.29, 1.82) is 0 Å². The Bertz CT molecular complexity index is 1200. The van der Waals surface area contributed by atoms with Crippen molar-refractivity contribution in [2.24, 2.45) is 17.8 Å². The Labute approximate surface area is 229 Å². The van der Waals surface area contributed by atoms with Gasteiger partial charge in [-0.1, -0.05) is 57.5 Å². The summed E-state index contributed by atoms with van der Waals surface area (Å²) in [6.07, 6.45) is 3.14. The molecule has 0 bridgehead atoms. The number of hydrogen-bond donors (Lipinski definition) is 1. The molecular formula is C32H43N2O3P. The molecule has 1 saturated carbocycles. The Kier molecular flexibility index (Phi) is 9.23. The van der Waals surface area contributed by atoms with Gasteiger partial charge in [-0.05, 0) is 84.7 Å². The highest BCUT2D eigenvalue weighted by Gasteiger charge is 2.43. The number of nitrogens with one attached hydrogen (secondary N) is 1. The zero-order valence-electron chi connectivity index (χ0n) is 23.6. The molecule has 1 N–H and O–H groups in total. The van der Waals surface area contributed by atoms with Crippen LogP contribution in [-0.4, -0.2) is 27.3 Å². The molecule has 1 fully saturated rings. The number of anilines is 2.